The minimum Gasteiger partial charge on any atom is -0.340 e. The van der Waals surface area contributed by atoms with E-state index in [9.17, 15) is 9.59 Å². The fourth-order valence-electron chi connectivity index (χ4n) is 3.84. The summed E-state index contributed by atoms with van der Waals surface area (Å²) >= 11 is 0. The van der Waals surface area contributed by atoms with Gasteiger partial charge in [-0.3, -0.25) is 14.7 Å². The topological polar surface area (TPSA) is 86.9 Å². The van der Waals surface area contributed by atoms with Crippen LogP contribution in [0.5, 0.6) is 0 Å². The number of para-hydroxylation sites is 1. The largest absolute Gasteiger partial charge is 0.340 e. The van der Waals surface area contributed by atoms with Crippen LogP contribution < -0.4 is 10.6 Å². The van der Waals surface area contributed by atoms with Crippen molar-refractivity contribution in [3.8, 4) is 22.5 Å². The smallest absolute Gasteiger partial charge is 0.252 e. The molecule has 0 saturated carbocycles. The number of nitrogens with one attached hydrogen (secondary N) is 3. The molecule has 1 atom stereocenters. The van der Waals surface area contributed by atoms with Gasteiger partial charge in [-0.05, 0) is 23.8 Å². The molecule has 6 nitrogen and oxygen atoms in total. The maximum atomic E-state index is 13.1. The molecule has 1 aliphatic rings. The second-order valence-electron chi connectivity index (χ2n) is 7.46. The van der Waals surface area contributed by atoms with Crippen molar-refractivity contribution in [1.29, 1.82) is 0 Å². The van der Waals surface area contributed by atoms with Crippen molar-refractivity contribution in [2.24, 2.45) is 0 Å². The number of carbonyl (C=O) groups is 2. The van der Waals surface area contributed by atoms with Crippen LogP contribution in [-0.4, -0.2) is 28.1 Å². The molecule has 0 radical (unpaired) electrons. The molecule has 6 heteroatoms. The predicted molar refractivity (Wildman–Crippen MR) is 119 cm³/mol. The van der Waals surface area contributed by atoms with E-state index in [0.717, 1.165) is 33.8 Å². The Hall–Kier alpha value is -4.19. The number of nitrogens with zero attached hydrogens (tertiary/aromatic N) is 1. The Morgan fingerprint density at radius 2 is 1.68 bits per heavy atom. The molecule has 3 N–H and O–H groups in total. The Morgan fingerprint density at radius 3 is 2.55 bits per heavy atom. The number of aromatic nitrogens is 2. The number of benzene rings is 3. The first-order chi connectivity index (χ1) is 15.2. The third-order valence-corrected chi connectivity index (χ3v) is 5.43. The van der Waals surface area contributed by atoms with Gasteiger partial charge in [0.15, 0.2) is 0 Å². The standard InChI is InChI=1S/C25H20N4O2/c30-24(27-23-14-17-10-4-7-13-20(17)26-25(23)31)19-12-6-5-11-18(19)22-15-21(28-29-22)16-8-2-1-3-9-16/h1-13,15,23H,14H2,(H,26,31)(H,27,30)(H,28,29)/t23-/m0/s1. The quantitative estimate of drug-likeness (QED) is 0.476. The number of fused-ring (bicyclic) bond motifs is 1. The third-order valence-electron chi connectivity index (χ3n) is 5.43. The van der Waals surface area contributed by atoms with Crippen molar-refractivity contribution in [1.82, 2.24) is 15.5 Å². The molecule has 0 aliphatic carbocycles. The van der Waals surface area contributed by atoms with Crippen LogP contribution in [0.15, 0.2) is 84.9 Å². The number of H-pyrrole nitrogens is 1. The monoisotopic (exact) mass is 408 g/mol. The lowest BCUT2D eigenvalue weighted by Crippen LogP contribution is -2.47. The molecule has 4 aromatic rings. The Balaban J connectivity index is 1.40. The highest BCUT2D eigenvalue weighted by Crippen LogP contribution is 2.27. The van der Waals surface area contributed by atoms with E-state index < -0.39 is 6.04 Å². The summed E-state index contributed by atoms with van der Waals surface area (Å²) in [6.07, 6.45) is 0.456. The summed E-state index contributed by atoms with van der Waals surface area (Å²) in [6, 6.07) is 26.1. The minimum atomic E-state index is -0.628. The van der Waals surface area contributed by atoms with E-state index in [-0.39, 0.29) is 11.8 Å². The van der Waals surface area contributed by atoms with Crippen LogP contribution in [0.1, 0.15) is 15.9 Å². The maximum Gasteiger partial charge on any atom is 0.252 e. The zero-order valence-corrected chi connectivity index (χ0v) is 16.6. The average Bonchev–Trinajstić information content (AvgIpc) is 3.30. The van der Waals surface area contributed by atoms with Gasteiger partial charge in [-0.2, -0.15) is 5.10 Å². The van der Waals surface area contributed by atoms with E-state index in [1.54, 1.807) is 6.07 Å². The summed E-state index contributed by atoms with van der Waals surface area (Å²) in [7, 11) is 0. The second kappa shape index (κ2) is 7.91. The molecule has 1 aliphatic heterocycles. The Kier molecular flexibility index (Phi) is 4.80. The van der Waals surface area contributed by atoms with Crippen molar-refractivity contribution < 1.29 is 9.59 Å². The van der Waals surface area contributed by atoms with E-state index >= 15 is 0 Å². The number of aromatic amines is 1. The van der Waals surface area contributed by atoms with Crippen LogP contribution in [0.2, 0.25) is 0 Å². The minimum absolute atomic E-state index is 0.211. The Bertz CT molecular complexity index is 1260. The summed E-state index contributed by atoms with van der Waals surface area (Å²) in [5.41, 5.74) is 5.54. The van der Waals surface area contributed by atoms with Crippen LogP contribution >= 0.6 is 0 Å². The molecule has 0 spiro atoms. The van der Waals surface area contributed by atoms with Gasteiger partial charge < -0.3 is 10.6 Å². The van der Waals surface area contributed by atoms with Gasteiger partial charge in [-0.1, -0.05) is 66.7 Å². The first-order valence-electron chi connectivity index (χ1n) is 10.1. The predicted octanol–water partition coefficient (Wildman–Crippen LogP) is 4.04. The lowest BCUT2D eigenvalue weighted by atomic mass is 9.98. The number of anilines is 1. The molecule has 2 heterocycles. The van der Waals surface area contributed by atoms with Crippen LogP contribution in [-0.2, 0) is 11.2 Å². The van der Waals surface area contributed by atoms with Crippen molar-refractivity contribution in [3.63, 3.8) is 0 Å². The zero-order chi connectivity index (χ0) is 21.2. The van der Waals surface area contributed by atoms with Gasteiger partial charge >= 0.3 is 0 Å². The van der Waals surface area contributed by atoms with Crippen LogP contribution in [0, 0.1) is 0 Å². The lowest BCUT2D eigenvalue weighted by Gasteiger charge is -2.25. The van der Waals surface area contributed by atoms with Gasteiger partial charge in [0.2, 0.25) is 5.91 Å². The van der Waals surface area contributed by atoms with Crippen molar-refractivity contribution >= 4 is 17.5 Å². The van der Waals surface area contributed by atoms with Gasteiger partial charge in [-0.15, -0.1) is 0 Å². The highest BCUT2D eigenvalue weighted by atomic mass is 16.2. The third kappa shape index (κ3) is 3.71. The molecule has 2 amide bonds. The molecule has 5 rings (SSSR count). The highest BCUT2D eigenvalue weighted by molar-refractivity contribution is 6.05. The van der Waals surface area contributed by atoms with E-state index in [2.05, 4.69) is 20.8 Å². The van der Waals surface area contributed by atoms with Gasteiger partial charge in [0, 0.05) is 28.8 Å². The first-order valence-corrected chi connectivity index (χ1v) is 10.1. The summed E-state index contributed by atoms with van der Waals surface area (Å²) < 4.78 is 0. The molecule has 152 valence electrons. The molecule has 0 saturated heterocycles. The van der Waals surface area contributed by atoms with Gasteiger partial charge in [0.25, 0.3) is 5.91 Å². The van der Waals surface area contributed by atoms with E-state index in [4.69, 9.17) is 0 Å². The number of amides is 2. The Labute approximate surface area is 179 Å². The van der Waals surface area contributed by atoms with Crippen molar-refractivity contribution in [2.75, 3.05) is 5.32 Å². The normalized spacial score (nSPS) is 15.1. The number of rotatable bonds is 4. The van der Waals surface area contributed by atoms with Crippen LogP contribution in [0.4, 0.5) is 5.69 Å². The van der Waals surface area contributed by atoms with Crippen molar-refractivity contribution in [3.05, 3.63) is 96.1 Å². The molecular formula is C25H20N4O2. The van der Waals surface area contributed by atoms with Gasteiger partial charge in [-0.25, -0.2) is 0 Å². The molecule has 3 aromatic carbocycles. The Morgan fingerprint density at radius 1 is 0.935 bits per heavy atom. The van der Waals surface area contributed by atoms with Gasteiger partial charge in [0.1, 0.15) is 6.04 Å². The summed E-state index contributed by atoms with van der Waals surface area (Å²) in [4.78, 5) is 25.6. The van der Waals surface area contributed by atoms with E-state index in [1.165, 1.54) is 0 Å². The van der Waals surface area contributed by atoms with E-state index in [1.807, 2.05) is 78.9 Å². The first kappa shape index (κ1) is 18.8. The zero-order valence-electron chi connectivity index (χ0n) is 16.6. The molecule has 0 fully saturated rings. The maximum absolute atomic E-state index is 13.1. The summed E-state index contributed by atoms with van der Waals surface area (Å²) in [6.45, 7) is 0. The lowest BCUT2D eigenvalue weighted by molar-refractivity contribution is -0.118. The molecular weight excluding hydrogens is 388 g/mol. The van der Waals surface area contributed by atoms with Crippen LogP contribution in [0.25, 0.3) is 22.5 Å². The number of carbonyl (C=O) groups excluding carboxylic acids is 2. The van der Waals surface area contributed by atoms with Crippen molar-refractivity contribution in [2.45, 2.75) is 12.5 Å². The summed E-state index contributed by atoms with van der Waals surface area (Å²) in [5.74, 6) is -0.511. The molecule has 31 heavy (non-hydrogen) atoms. The van der Waals surface area contributed by atoms with E-state index in [0.29, 0.717) is 12.0 Å². The fraction of sp³-hybridized carbons (Fsp3) is 0.0800. The molecule has 1 aromatic heterocycles. The SMILES string of the molecule is O=C(N[C@H]1Cc2ccccc2NC1=O)c1ccccc1-c1cc(-c2ccccc2)n[nH]1. The van der Waals surface area contributed by atoms with Gasteiger partial charge in [0.05, 0.1) is 11.4 Å². The average molecular weight is 408 g/mol. The molecule has 0 bridgehead atoms. The second-order valence-corrected chi connectivity index (χ2v) is 7.46. The number of hydrogen-bond donors (Lipinski definition) is 3. The fourth-order valence-corrected chi connectivity index (χ4v) is 3.84. The van der Waals surface area contributed by atoms with Crippen LogP contribution in [0.3, 0.4) is 0 Å². The highest BCUT2D eigenvalue weighted by Gasteiger charge is 2.28. The number of hydrogen-bond acceptors (Lipinski definition) is 3. The molecule has 0 unspecified atom stereocenters. The summed E-state index contributed by atoms with van der Waals surface area (Å²) in [5, 5.41) is 13.2.